The van der Waals surface area contributed by atoms with Gasteiger partial charge in [-0.2, -0.15) is 12.1 Å². The Labute approximate surface area is 158 Å². The molecule has 0 atom stereocenters. The Balaban J connectivity index is 0.000000595. The summed E-state index contributed by atoms with van der Waals surface area (Å²) in [6.07, 6.45) is 1.02. The predicted molar refractivity (Wildman–Crippen MR) is 98.0 cm³/mol. The van der Waals surface area contributed by atoms with E-state index in [0.717, 1.165) is 6.42 Å². The van der Waals surface area contributed by atoms with E-state index < -0.39 is 20.8 Å². The first kappa shape index (κ1) is 19.0. The molecular weight excluding hydrogens is 404 g/mol. The topological polar surface area (TPSA) is 3.24 Å². The van der Waals surface area contributed by atoms with Crippen molar-refractivity contribution in [3.63, 3.8) is 0 Å². The molecule has 0 bridgehead atoms. The van der Waals surface area contributed by atoms with Gasteiger partial charge in [-0.25, -0.2) is 0 Å². The molecule has 122 valence electrons. The second-order valence-corrected chi connectivity index (χ2v) is 9.97. The molecule has 0 aromatic heterocycles. The van der Waals surface area contributed by atoms with E-state index in [-0.39, 0.29) is 0 Å². The Kier molecular flexibility index (Phi) is 7.20. The van der Waals surface area contributed by atoms with Crippen LogP contribution >= 0.6 is 17.0 Å². The summed E-state index contributed by atoms with van der Waals surface area (Å²) in [5, 5.41) is 0. The first-order valence-corrected chi connectivity index (χ1v) is 14.2. The number of hydrogen-bond donors (Lipinski definition) is 0. The molecule has 2 aromatic rings. The van der Waals surface area contributed by atoms with E-state index in [2.05, 4.69) is 75.1 Å². The van der Waals surface area contributed by atoms with E-state index in [4.69, 9.17) is 17.0 Å². The van der Waals surface area contributed by atoms with Gasteiger partial charge < -0.3 is 4.90 Å². The molecular formula is C19H22Cl2NZr-. The average Bonchev–Trinajstić information content (AvgIpc) is 2.85. The summed E-state index contributed by atoms with van der Waals surface area (Å²) in [5.41, 5.74) is 6.73. The van der Waals surface area contributed by atoms with Crippen molar-refractivity contribution in [3.05, 3.63) is 53.6 Å². The number of rotatable bonds is 3. The normalized spacial score (nSPS) is 11.7. The maximum absolute atomic E-state index is 4.93. The molecule has 0 fully saturated rings. The van der Waals surface area contributed by atoms with Crippen molar-refractivity contribution in [2.24, 2.45) is 0 Å². The zero-order chi connectivity index (χ0) is 17.0. The third-order valence-electron chi connectivity index (χ3n) is 4.08. The maximum atomic E-state index is 4.93. The third kappa shape index (κ3) is 4.41. The van der Waals surface area contributed by atoms with E-state index in [0.29, 0.717) is 12.1 Å². The fraction of sp³-hybridized carbons (Fsp3) is 0.368. The standard InChI is InChI=1S/C19H22N.2ClH.Zr/c1-13(2)20(14(3)4)17-9-10-19-16(12-17)11-15-7-5-6-8-18(15)19;;;/h5-10,13-14H,11H2,1-4H3;2*1H;/q-1;;;+2/p-2. The van der Waals surface area contributed by atoms with Gasteiger partial charge in [0.25, 0.3) is 0 Å². The molecule has 0 spiro atoms. The zero-order valence-corrected chi connectivity index (χ0v) is 18.0. The molecule has 0 radical (unpaired) electrons. The monoisotopic (exact) mass is 424 g/mol. The minimum absolute atomic E-state index is 0.494. The van der Waals surface area contributed by atoms with Crippen molar-refractivity contribution < 1.29 is 20.8 Å². The molecule has 1 aliphatic carbocycles. The van der Waals surface area contributed by atoms with E-state index >= 15 is 0 Å². The van der Waals surface area contributed by atoms with E-state index in [9.17, 15) is 0 Å². The molecule has 2 aromatic carbocycles. The van der Waals surface area contributed by atoms with Crippen molar-refractivity contribution in [1.82, 2.24) is 0 Å². The van der Waals surface area contributed by atoms with Crippen LogP contribution in [0.5, 0.6) is 0 Å². The predicted octanol–water partition coefficient (Wildman–Crippen LogP) is 6.06. The molecule has 0 N–H and O–H groups in total. The van der Waals surface area contributed by atoms with Crippen LogP contribution in [0.3, 0.4) is 0 Å². The quantitative estimate of drug-likeness (QED) is 0.460. The molecule has 0 saturated heterocycles. The van der Waals surface area contributed by atoms with Crippen LogP contribution in [0.4, 0.5) is 5.69 Å². The van der Waals surface area contributed by atoms with Crippen molar-refractivity contribution in [1.29, 1.82) is 0 Å². The minimum atomic E-state index is -0.826. The third-order valence-corrected chi connectivity index (χ3v) is 4.08. The van der Waals surface area contributed by atoms with Gasteiger partial charge >= 0.3 is 37.9 Å². The van der Waals surface area contributed by atoms with Crippen LogP contribution in [-0.2, 0) is 27.3 Å². The molecule has 0 amide bonds. The van der Waals surface area contributed by atoms with Gasteiger partial charge in [0.1, 0.15) is 0 Å². The van der Waals surface area contributed by atoms with Gasteiger partial charge in [-0.15, -0.1) is 17.2 Å². The van der Waals surface area contributed by atoms with Crippen LogP contribution in [-0.4, -0.2) is 12.1 Å². The van der Waals surface area contributed by atoms with Crippen molar-refractivity contribution in [2.45, 2.75) is 46.2 Å². The van der Waals surface area contributed by atoms with E-state index in [1.807, 2.05) is 0 Å². The number of benzene rings is 2. The molecule has 0 heterocycles. The van der Waals surface area contributed by atoms with Gasteiger partial charge in [-0.1, -0.05) is 41.1 Å². The summed E-state index contributed by atoms with van der Waals surface area (Å²) >= 11 is -0.826. The number of fused-ring (bicyclic) bond motifs is 3. The fourth-order valence-electron chi connectivity index (χ4n) is 3.35. The van der Waals surface area contributed by atoms with Crippen molar-refractivity contribution in [3.8, 4) is 11.1 Å². The summed E-state index contributed by atoms with van der Waals surface area (Å²) in [7, 11) is 9.87. The average molecular weight is 427 g/mol. The van der Waals surface area contributed by atoms with Crippen molar-refractivity contribution >= 4 is 22.7 Å². The second-order valence-electron chi connectivity index (χ2n) is 6.24. The van der Waals surface area contributed by atoms with Gasteiger partial charge in [0.05, 0.1) is 0 Å². The fourth-order valence-corrected chi connectivity index (χ4v) is 3.35. The Morgan fingerprint density at radius 3 is 2.17 bits per heavy atom. The number of anilines is 1. The van der Waals surface area contributed by atoms with Gasteiger partial charge in [-0.3, -0.25) is 0 Å². The van der Waals surface area contributed by atoms with Crippen LogP contribution in [0.1, 0.15) is 38.8 Å². The van der Waals surface area contributed by atoms with E-state index in [1.54, 1.807) is 0 Å². The van der Waals surface area contributed by atoms with Crippen LogP contribution in [0.2, 0.25) is 0 Å². The van der Waals surface area contributed by atoms with Crippen LogP contribution < -0.4 is 4.90 Å². The first-order valence-electron chi connectivity index (χ1n) is 7.87. The Bertz CT molecular complexity index is 648. The Morgan fingerprint density at radius 2 is 1.57 bits per heavy atom. The molecule has 0 saturated carbocycles. The number of nitrogens with zero attached hydrogens (tertiary/aromatic N) is 1. The van der Waals surface area contributed by atoms with Gasteiger partial charge in [0.15, 0.2) is 0 Å². The molecule has 4 heteroatoms. The molecule has 0 unspecified atom stereocenters. The number of hydrogen-bond acceptors (Lipinski definition) is 1. The summed E-state index contributed by atoms with van der Waals surface area (Å²) in [4.78, 5) is 2.43. The van der Waals surface area contributed by atoms with Gasteiger partial charge in [-0.05, 0) is 34.1 Å². The van der Waals surface area contributed by atoms with Crippen molar-refractivity contribution in [2.75, 3.05) is 4.90 Å². The summed E-state index contributed by atoms with van der Waals surface area (Å²) in [5.74, 6) is 0. The summed E-state index contributed by atoms with van der Waals surface area (Å²) in [6, 6.07) is 17.8. The first-order chi connectivity index (χ1) is 11.0. The number of halogens is 2. The van der Waals surface area contributed by atoms with E-state index in [1.165, 1.54) is 27.9 Å². The molecule has 0 aliphatic heterocycles. The zero-order valence-electron chi connectivity index (χ0n) is 14.0. The van der Waals surface area contributed by atoms with Gasteiger partial charge in [0.2, 0.25) is 0 Å². The Morgan fingerprint density at radius 1 is 0.957 bits per heavy atom. The molecule has 3 rings (SSSR count). The van der Waals surface area contributed by atoms with Crippen LogP contribution in [0.25, 0.3) is 11.1 Å². The van der Waals surface area contributed by atoms with Crippen LogP contribution in [0.15, 0.2) is 36.4 Å². The second kappa shape index (κ2) is 8.70. The summed E-state index contributed by atoms with van der Waals surface area (Å²) < 4.78 is 0. The molecule has 1 nitrogen and oxygen atoms in total. The molecule has 1 aliphatic rings. The van der Waals surface area contributed by atoms with Crippen LogP contribution in [0, 0.1) is 6.07 Å². The molecule has 23 heavy (non-hydrogen) atoms. The summed E-state index contributed by atoms with van der Waals surface area (Å²) in [6.45, 7) is 8.98. The Hall–Kier alpha value is -0.297. The van der Waals surface area contributed by atoms with Gasteiger partial charge in [0, 0.05) is 12.1 Å². The SMILES string of the molecule is CC(C)N(c1[c-]c2c(cc1)-c1ccccc1C2)C(C)C.[Cl][Zr][Cl].